The molecule has 0 aliphatic rings. The first-order valence-electron chi connectivity index (χ1n) is 6.18. The van der Waals surface area contributed by atoms with Gasteiger partial charge in [-0.2, -0.15) is 0 Å². The maximum Gasteiger partial charge on any atom is 0.127 e. The van der Waals surface area contributed by atoms with Gasteiger partial charge < -0.3 is 4.74 Å². The van der Waals surface area contributed by atoms with Gasteiger partial charge >= 0.3 is 0 Å². The first kappa shape index (κ1) is 15.3. The van der Waals surface area contributed by atoms with E-state index >= 15 is 0 Å². The predicted molar refractivity (Wildman–Crippen MR) is 84.3 cm³/mol. The van der Waals surface area contributed by atoms with E-state index in [4.69, 9.17) is 16.3 Å². The van der Waals surface area contributed by atoms with Gasteiger partial charge in [0, 0.05) is 10.0 Å². The summed E-state index contributed by atoms with van der Waals surface area (Å²) in [6.07, 6.45) is 0. The lowest BCUT2D eigenvalue weighted by Gasteiger charge is -2.20. The Hall–Kier alpha value is -1.06. The van der Waals surface area contributed by atoms with Gasteiger partial charge in [-0.05, 0) is 48.7 Å². The fourth-order valence-electron chi connectivity index (χ4n) is 2.28. The van der Waals surface area contributed by atoms with E-state index in [1.54, 1.807) is 13.2 Å². The number of methoxy groups -OCH3 is 1. The van der Waals surface area contributed by atoms with Crippen LogP contribution in [-0.2, 0) is 0 Å². The first-order chi connectivity index (χ1) is 9.45. The number of rotatable bonds is 3. The topological polar surface area (TPSA) is 9.23 Å². The summed E-state index contributed by atoms with van der Waals surface area (Å²) >= 11 is 10.1. The average molecular weight is 358 g/mol. The van der Waals surface area contributed by atoms with Crippen molar-refractivity contribution < 1.29 is 9.13 Å². The zero-order chi connectivity index (χ0) is 14.9. The lowest BCUT2D eigenvalue weighted by Crippen LogP contribution is -2.03. The molecule has 0 spiro atoms. The molecule has 20 heavy (non-hydrogen) atoms. The van der Waals surface area contributed by atoms with Gasteiger partial charge in [0.25, 0.3) is 0 Å². The van der Waals surface area contributed by atoms with Crippen LogP contribution in [0.5, 0.6) is 5.75 Å². The Morgan fingerprint density at radius 1 is 1.25 bits per heavy atom. The third-order valence-corrected chi connectivity index (χ3v) is 4.60. The Labute approximate surface area is 131 Å². The third kappa shape index (κ3) is 2.84. The molecule has 0 bridgehead atoms. The van der Waals surface area contributed by atoms with Crippen LogP contribution in [0.25, 0.3) is 0 Å². The molecule has 0 saturated heterocycles. The number of ether oxygens (including phenoxy) is 1. The van der Waals surface area contributed by atoms with Crippen molar-refractivity contribution in [3.63, 3.8) is 0 Å². The standard InChI is InChI=1S/C16H15BrClFO/c1-9-7-13(17)10(2)14(16(9)20-3)15(18)11-5-4-6-12(19)8-11/h4-8,15H,1-3H3. The molecule has 1 unspecified atom stereocenters. The van der Waals surface area contributed by atoms with Crippen LogP contribution in [0, 0.1) is 19.7 Å². The molecule has 2 rings (SSSR count). The smallest absolute Gasteiger partial charge is 0.127 e. The number of benzene rings is 2. The summed E-state index contributed by atoms with van der Waals surface area (Å²) in [6, 6.07) is 8.32. The van der Waals surface area contributed by atoms with Gasteiger partial charge in [-0.3, -0.25) is 0 Å². The largest absolute Gasteiger partial charge is 0.496 e. The van der Waals surface area contributed by atoms with Gasteiger partial charge in [-0.1, -0.05) is 28.1 Å². The van der Waals surface area contributed by atoms with E-state index in [0.717, 1.165) is 26.9 Å². The average Bonchev–Trinajstić information content (AvgIpc) is 2.41. The van der Waals surface area contributed by atoms with Crippen molar-refractivity contribution >= 4 is 27.5 Å². The first-order valence-corrected chi connectivity index (χ1v) is 7.41. The van der Waals surface area contributed by atoms with Crippen LogP contribution < -0.4 is 4.74 Å². The highest BCUT2D eigenvalue weighted by Gasteiger charge is 2.22. The molecule has 2 aromatic carbocycles. The highest BCUT2D eigenvalue weighted by molar-refractivity contribution is 9.10. The maximum absolute atomic E-state index is 13.4. The molecule has 0 amide bonds. The van der Waals surface area contributed by atoms with Crippen LogP contribution >= 0.6 is 27.5 Å². The number of aryl methyl sites for hydroxylation is 1. The SMILES string of the molecule is COc1c(C)cc(Br)c(C)c1C(Cl)c1cccc(F)c1. The second-order valence-electron chi connectivity index (χ2n) is 4.66. The number of halogens is 3. The molecule has 0 radical (unpaired) electrons. The van der Waals surface area contributed by atoms with E-state index in [2.05, 4.69) is 15.9 Å². The van der Waals surface area contributed by atoms with E-state index in [9.17, 15) is 4.39 Å². The molecule has 0 aliphatic carbocycles. The van der Waals surface area contributed by atoms with Crippen molar-refractivity contribution in [2.24, 2.45) is 0 Å². The summed E-state index contributed by atoms with van der Waals surface area (Å²) in [5.74, 6) is 0.450. The van der Waals surface area contributed by atoms with Crippen LogP contribution in [0.2, 0.25) is 0 Å². The van der Waals surface area contributed by atoms with E-state index in [1.807, 2.05) is 26.0 Å². The molecular formula is C16H15BrClFO. The molecule has 0 aromatic heterocycles. The fourth-order valence-corrected chi connectivity index (χ4v) is 3.24. The monoisotopic (exact) mass is 356 g/mol. The summed E-state index contributed by atoms with van der Waals surface area (Å²) in [7, 11) is 1.62. The molecule has 0 aliphatic heterocycles. The normalized spacial score (nSPS) is 12.3. The quantitative estimate of drug-likeness (QED) is 0.655. The Bertz CT molecular complexity index is 643. The Balaban J connectivity index is 2.62. The van der Waals surface area contributed by atoms with Crippen molar-refractivity contribution in [1.82, 2.24) is 0 Å². The lowest BCUT2D eigenvalue weighted by molar-refractivity contribution is 0.406. The van der Waals surface area contributed by atoms with Gasteiger partial charge in [-0.15, -0.1) is 11.6 Å². The predicted octanol–water partition coefficient (Wildman–Crippen LogP) is 5.54. The zero-order valence-corrected chi connectivity index (χ0v) is 13.8. The van der Waals surface area contributed by atoms with Crippen LogP contribution in [0.3, 0.4) is 0 Å². The van der Waals surface area contributed by atoms with E-state index < -0.39 is 5.38 Å². The molecule has 0 heterocycles. The number of alkyl halides is 1. The van der Waals surface area contributed by atoms with Crippen molar-refractivity contribution in [1.29, 1.82) is 0 Å². The minimum absolute atomic E-state index is 0.295. The highest BCUT2D eigenvalue weighted by Crippen LogP contribution is 2.41. The summed E-state index contributed by atoms with van der Waals surface area (Å²) in [5, 5.41) is -0.461. The van der Waals surface area contributed by atoms with E-state index in [0.29, 0.717) is 5.56 Å². The van der Waals surface area contributed by atoms with Crippen LogP contribution in [0.1, 0.15) is 27.6 Å². The minimum Gasteiger partial charge on any atom is -0.496 e. The molecule has 106 valence electrons. The van der Waals surface area contributed by atoms with Crippen molar-refractivity contribution in [2.75, 3.05) is 7.11 Å². The molecule has 0 saturated carbocycles. The third-order valence-electron chi connectivity index (χ3n) is 3.31. The molecule has 1 atom stereocenters. The van der Waals surface area contributed by atoms with Crippen molar-refractivity contribution in [3.05, 3.63) is 62.9 Å². The number of hydrogen-bond acceptors (Lipinski definition) is 1. The summed E-state index contributed by atoms with van der Waals surface area (Å²) in [6.45, 7) is 3.93. The number of hydrogen-bond donors (Lipinski definition) is 0. The second-order valence-corrected chi connectivity index (χ2v) is 5.96. The lowest BCUT2D eigenvalue weighted by atomic mass is 9.96. The summed E-state index contributed by atoms with van der Waals surface area (Å²) < 4.78 is 19.8. The molecule has 1 nitrogen and oxygen atoms in total. The fraction of sp³-hybridized carbons (Fsp3) is 0.250. The van der Waals surface area contributed by atoms with Crippen LogP contribution in [0.15, 0.2) is 34.8 Å². The van der Waals surface area contributed by atoms with Crippen LogP contribution in [-0.4, -0.2) is 7.11 Å². The Morgan fingerprint density at radius 2 is 1.95 bits per heavy atom. The van der Waals surface area contributed by atoms with Gasteiger partial charge in [0.15, 0.2) is 0 Å². The maximum atomic E-state index is 13.4. The van der Waals surface area contributed by atoms with Gasteiger partial charge in [-0.25, -0.2) is 4.39 Å². The minimum atomic E-state index is -0.461. The Morgan fingerprint density at radius 3 is 2.55 bits per heavy atom. The Kier molecular flexibility index (Phi) is 4.71. The zero-order valence-electron chi connectivity index (χ0n) is 11.5. The van der Waals surface area contributed by atoms with E-state index in [-0.39, 0.29) is 5.82 Å². The second kappa shape index (κ2) is 6.15. The summed E-state index contributed by atoms with van der Waals surface area (Å²) in [4.78, 5) is 0. The van der Waals surface area contributed by atoms with Gasteiger partial charge in [0.05, 0.1) is 12.5 Å². The van der Waals surface area contributed by atoms with Crippen LogP contribution in [0.4, 0.5) is 4.39 Å². The van der Waals surface area contributed by atoms with Crippen molar-refractivity contribution in [3.8, 4) is 5.75 Å². The molecule has 4 heteroatoms. The van der Waals surface area contributed by atoms with E-state index in [1.165, 1.54) is 12.1 Å². The highest BCUT2D eigenvalue weighted by atomic mass is 79.9. The molecule has 0 N–H and O–H groups in total. The molecule has 0 fully saturated rings. The molecule has 2 aromatic rings. The van der Waals surface area contributed by atoms with Gasteiger partial charge in [0.1, 0.15) is 11.6 Å². The van der Waals surface area contributed by atoms with Gasteiger partial charge in [0.2, 0.25) is 0 Å². The van der Waals surface area contributed by atoms with Crippen molar-refractivity contribution in [2.45, 2.75) is 19.2 Å². The molecular weight excluding hydrogens is 343 g/mol. The summed E-state index contributed by atoms with van der Waals surface area (Å²) in [5.41, 5.74) is 3.57.